The van der Waals surface area contributed by atoms with E-state index in [1.54, 1.807) is 0 Å². The van der Waals surface area contributed by atoms with E-state index in [2.05, 4.69) is 19.2 Å². The van der Waals surface area contributed by atoms with Gasteiger partial charge >= 0.3 is 5.97 Å². The third kappa shape index (κ3) is 4.06. The van der Waals surface area contributed by atoms with Gasteiger partial charge in [0.15, 0.2) is 6.61 Å². The van der Waals surface area contributed by atoms with E-state index in [1.807, 2.05) is 18.4 Å². The van der Waals surface area contributed by atoms with Crippen molar-refractivity contribution < 1.29 is 14.3 Å². The second-order valence-electron chi connectivity index (χ2n) is 5.95. The average molecular weight is 309 g/mol. The van der Waals surface area contributed by atoms with E-state index < -0.39 is 5.97 Å². The highest BCUT2D eigenvalue weighted by molar-refractivity contribution is 7.12. The zero-order chi connectivity index (χ0) is 15.4. The van der Waals surface area contributed by atoms with Gasteiger partial charge in [-0.15, -0.1) is 11.3 Å². The molecule has 0 spiro atoms. The highest BCUT2D eigenvalue weighted by Gasteiger charge is 2.28. The summed E-state index contributed by atoms with van der Waals surface area (Å²) in [6, 6.07) is 2.07. The Hall–Kier alpha value is -1.36. The minimum absolute atomic E-state index is 0.198. The molecular formula is C16H23NO3S. The zero-order valence-corrected chi connectivity index (χ0v) is 13.7. The SMILES string of the molecule is Cc1ccsc1C(=O)OCC(=O)N[C@@H]1CCC[C@@H](C)[C@H]1C. The maximum atomic E-state index is 11.9. The molecule has 0 radical (unpaired) electrons. The van der Waals surface area contributed by atoms with Gasteiger partial charge in [0.05, 0.1) is 0 Å². The van der Waals surface area contributed by atoms with Crippen LogP contribution in [0.2, 0.25) is 0 Å². The molecule has 1 fully saturated rings. The Morgan fingerprint density at radius 3 is 2.81 bits per heavy atom. The van der Waals surface area contributed by atoms with Crippen LogP contribution in [-0.2, 0) is 9.53 Å². The average Bonchev–Trinajstić information content (AvgIpc) is 2.87. The first-order chi connectivity index (χ1) is 9.99. The van der Waals surface area contributed by atoms with Crippen molar-refractivity contribution >= 4 is 23.2 Å². The number of aryl methyl sites for hydroxylation is 1. The van der Waals surface area contributed by atoms with Gasteiger partial charge in [-0.2, -0.15) is 0 Å². The fourth-order valence-corrected chi connectivity index (χ4v) is 3.63. The molecule has 1 N–H and O–H groups in total. The lowest BCUT2D eigenvalue weighted by molar-refractivity contribution is -0.125. The summed E-state index contributed by atoms with van der Waals surface area (Å²) < 4.78 is 5.09. The minimum Gasteiger partial charge on any atom is -0.451 e. The maximum Gasteiger partial charge on any atom is 0.349 e. The second kappa shape index (κ2) is 7.07. The number of thiophene rings is 1. The molecule has 4 nitrogen and oxygen atoms in total. The predicted molar refractivity (Wildman–Crippen MR) is 83.4 cm³/mol. The van der Waals surface area contributed by atoms with Gasteiger partial charge in [0.1, 0.15) is 4.88 Å². The van der Waals surface area contributed by atoms with Crippen molar-refractivity contribution in [1.82, 2.24) is 5.32 Å². The van der Waals surface area contributed by atoms with Crippen LogP contribution in [0.3, 0.4) is 0 Å². The van der Waals surface area contributed by atoms with E-state index in [9.17, 15) is 9.59 Å². The second-order valence-corrected chi connectivity index (χ2v) is 6.87. The van der Waals surface area contributed by atoms with Gasteiger partial charge < -0.3 is 10.1 Å². The van der Waals surface area contributed by atoms with Crippen LogP contribution < -0.4 is 5.32 Å². The first-order valence-electron chi connectivity index (χ1n) is 7.49. The minimum atomic E-state index is -0.414. The molecule has 0 saturated heterocycles. The Balaban J connectivity index is 1.80. The molecule has 1 aromatic heterocycles. The number of esters is 1. The lowest BCUT2D eigenvalue weighted by Crippen LogP contribution is -2.45. The molecule has 1 heterocycles. The van der Waals surface area contributed by atoms with E-state index in [1.165, 1.54) is 17.8 Å². The van der Waals surface area contributed by atoms with Crippen LogP contribution >= 0.6 is 11.3 Å². The van der Waals surface area contributed by atoms with Crippen LogP contribution in [0.4, 0.5) is 0 Å². The molecule has 2 rings (SSSR count). The topological polar surface area (TPSA) is 55.4 Å². The summed E-state index contributed by atoms with van der Waals surface area (Å²) in [6.07, 6.45) is 3.38. The number of ether oxygens (including phenoxy) is 1. The lowest BCUT2D eigenvalue weighted by atomic mass is 9.78. The highest BCUT2D eigenvalue weighted by Crippen LogP contribution is 2.29. The molecule has 0 aromatic carbocycles. The molecule has 0 aliphatic heterocycles. The third-order valence-electron chi connectivity index (χ3n) is 4.44. The van der Waals surface area contributed by atoms with Crippen molar-refractivity contribution in [2.45, 2.75) is 46.1 Å². The maximum absolute atomic E-state index is 11.9. The van der Waals surface area contributed by atoms with Gasteiger partial charge in [0.2, 0.25) is 0 Å². The monoisotopic (exact) mass is 309 g/mol. The van der Waals surface area contributed by atoms with Gasteiger partial charge in [-0.3, -0.25) is 4.79 Å². The number of carbonyl (C=O) groups excluding carboxylic acids is 2. The van der Waals surface area contributed by atoms with Gasteiger partial charge in [-0.25, -0.2) is 4.79 Å². The molecule has 1 saturated carbocycles. The number of hydrogen-bond donors (Lipinski definition) is 1. The summed E-state index contributed by atoms with van der Waals surface area (Å²) in [7, 11) is 0. The number of carbonyl (C=O) groups is 2. The van der Waals surface area contributed by atoms with Crippen LogP contribution in [0, 0.1) is 18.8 Å². The number of amides is 1. The Bertz CT molecular complexity index is 511. The van der Waals surface area contributed by atoms with E-state index in [0.717, 1.165) is 18.4 Å². The number of rotatable bonds is 4. The Labute approximate surface area is 129 Å². The predicted octanol–water partition coefficient (Wildman–Crippen LogP) is 3.15. The largest absolute Gasteiger partial charge is 0.451 e. The fourth-order valence-electron chi connectivity index (χ4n) is 2.81. The first kappa shape index (κ1) is 16.0. The molecule has 1 aliphatic carbocycles. The van der Waals surface area contributed by atoms with Crippen molar-refractivity contribution in [2.75, 3.05) is 6.61 Å². The van der Waals surface area contributed by atoms with Crippen molar-refractivity contribution in [3.63, 3.8) is 0 Å². The van der Waals surface area contributed by atoms with Crippen LogP contribution in [0.25, 0.3) is 0 Å². The molecule has 0 bridgehead atoms. The van der Waals surface area contributed by atoms with Crippen molar-refractivity contribution in [1.29, 1.82) is 0 Å². The third-order valence-corrected chi connectivity index (χ3v) is 5.43. The standard InChI is InChI=1S/C16H23NO3S/c1-10-5-4-6-13(12(10)3)17-14(18)9-20-16(19)15-11(2)7-8-21-15/h7-8,10,12-13H,4-6,9H2,1-3H3,(H,17,18)/t10-,12-,13-/m1/s1. The molecule has 0 unspecified atom stereocenters. The Morgan fingerprint density at radius 2 is 2.14 bits per heavy atom. The van der Waals surface area contributed by atoms with E-state index in [0.29, 0.717) is 16.7 Å². The summed E-state index contributed by atoms with van der Waals surface area (Å²) in [5.74, 6) is 0.476. The van der Waals surface area contributed by atoms with Crippen molar-refractivity contribution in [3.8, 4) is 0 Å². The molecular weight excluding hydrogens is 286 g/mol. The summed E-state index contributed by atoms with van der Waals surface area (Å²) in [4.78, 5) is 24.4. The van der Waals surface area contributed by atoms with E-state index in [-0.39, 0.29) is 18.6 Å². The number of nitrogens with one attached hydrogen (secondary N) is 1. The van der Waals surface area contributed by atoms with Crippen LogP contribution in [-0.4, -0.2) is 24.5 Å². The molecule has 1 aromatic rings. The summed E-state index contributed by atoms with van der Waals surface area (Å²) in [5, 5.41) is 4.85. The molecule has 21 heavy (non-hydrogen) atoms. The van der Waals surface area contributed by atoms with E-state index >= 15 is 0 Å². The normalized spacial score (nSPS) is 25.4. The van der Waals surface area contributed by atoms with Crippen LogP contribution in [0.15, 0.2) is 11.4 Å². The Morgan fingerprint density at radius 1 is 1.38 bits per heavy atom. The molecule has 1 aliphatic rings. The van der Waals surface area contributed by atoms with Gasteiger partial charge in [-0.1, -0.05) is 26.7 Å². The van der Waals surface area contributed by atoms with Crippen molar-refractivity contribution in [2.24, 2.45) is 11.8 Å². The lowest BCUT2D eigenvalue weighted by Gasteiger charge is -2.34. The summed E-state index contributed by atoms with van der Waals surface area (Å²) in [6.45, 7) is 6.06. The van der Waals surface area contributed by atoms with Gasteiger partial charge in [-0.05, 0) is 42.2 Å². The van der Waals surface area contributed by atoms with Crippen LogP contribution in [0.1, 0.15) is 48.3 Å². The molecule has 3 atom stereocenters. The zero-order valence-electron chi connectivity index (χ0n) is 12.8. The first-order valence-corrected chi connectivity index (χ1v) is 8.37. The molecule has 116 valence electrons. The molecule has 5 heteroatoms. The Kier molecular flexibility index (Phi) is 5.39. The van der Waals surface area contributed by atoms with Gasteiger partial charge in [0.25, 0.3) is 5.91 Å². The smallest absolute Gasteiger partial charge is 0.349 e. The fraction of sp³-hybridized carbons (Fsp3) is 0.625. The summed E-state index contributed by atoms with van der Waals surface area (Å²) in [5.41, 5.74) is 0.889. The quantitative estimate of drug-likeness (QED) is 0.869. The van der Waals surface area contributed by atoms with E-state index in [4.69, 9.17) is 4.74 Å². The molecule has 1 amide bonds. The van der Waals surface area contributed by atoms with Crippen molar-refractivity contribution in [3.05, 3.63) is 21.9 Å². The van der Waals surface area contributed by atoms with Crippen LogP contribution in [0.5, 0.6) is 0 Å². The van der Waals surface area contributed by atoms with Gasteiger partial charge in [0, 0.05) is 6.04 Å². The highest BCUT2D eigenvalue weighted by atomic mass is 32.1. The number of hydrogen-bond acceptors (Lipinski definition) is 4. The summed E-state index contributed by atoms with van der Waals surface area (Å²) >= 11 is 1.34.